The van der Waals surface area contributed by atoms with Crippen molar-refractivity contribution in [3.63, 3.8) is 0 Å². The first kappa shape index (κ1) is 10.2. The summed E-state index contributed by atoms with van der Waals surface area (Å²) >= 11 is 0. The van der Waals surface area contributed by atoms with E-state index in [4.69, 9.17) is 5.11 Å². The molecular formula is C11H11N3O3. The minimum Gasteiger partial charge on any atom is -0.478 e. The van der Waals surface area contributed by atoms with Gasteiger partial charge in [-0.3, -0.25) is 0 Å². The van der Waals surface area contributed by atoms with Crippen LogP contribution >= 0.6 is 0 Å². The van der Waals surface area contributed by atoms with Gasteiger partial charge in [0.2, 0.25) is 5.95 Å². The molecule has 17 heavy (non-hydrogen) atoms. The second kappa shape index (κ2) is 3.51. The molecule has 2 heterocycles. The van der Waals surface area contributed by atoms with Gasteiger partial charge in [-0.2, -0.15) is 0 Å². The van der Waals surface area contributed by atoms with Gasteiger partial charge in [-0.05, 0) is 11.8 Å². The van der Waals surface area contributed by atoms with Gasteiger partial charge in [0.05, 0.1) is 5.56 Å². The number of carbonyl (C=O) groups is 2. The smallest absolute Gasteiger partial charge is 0.338 e. The number of piperidine rings is 1. The maximum absolute atomic E-state index is 10.6. The number of aromatic carboxylic acids is 1. The number of aldehydes is 1. The molecule has 0 radical (unpaired) electrons. The van der Waals surface area contributed by atoms with E-state index >= 15 is 0 Å². The van der Waals surface area contributed by atoms with Crippen LogP contribution in [0.2, 0.25) is 0 Å². The number of carbonyl (C=O) groups excluding carboxylic acids is 1. The van der Waals surface area contributed by atoms with Crippen LogP contribution in [0.5, 0.6) is 0 Å². The van der Waals surface area contributed by atoms with E-state index in [-0.39, 0.29) is 11.5 Å². The van der Waals surface area contributed by atoms with Gasteiger partial charge >= 0.3 is 5.97 Å². The first-order chi connectivity index (χ1) is 8.20. The molecule has 2 atom stereocenters. The Morgan fingerprint density at radius 3 is 2.41 bits per heavy atom. The Balaban J connectivity index is 1.71. The molecule has 1 N–H and O–H groups in total. The summed E-state index contributed by atoms with van der Waals surface area (Å²) in [7, 11) is 0. The molecule has 1 saturated carbocycles. The SMILES string of the molecule is O=CC1C2CN(c3ncc(C(=O)O)cn3)CC12. The number of hydrogen-bond acceptors (Lipinski definition) is 5. The maximum atomic E-state index is 10.6. The molecule has 0 amide bonds. The average Bonchev–Trinajstić information content (AvgIpc) is 2.81. The lowest BCUT2D eigenvalue weighted by atomic mass is 10.3. The van der Waals surface area contributed by atoms with Crippen LogP contribution in [-0.2, 0) is 4.79 Å². The van der Waals surface area contributed by atoms with E-state index < -0.39 is 5.97 Å². The van der Waals surface area contributed by atoms with E-state index in [1.165, 1.54) is 12.4 Å². The fourth-order valence-electron chi connectivity index (χ4n) is 2.53. The van der Waals surface area contributed by atoms with Crippen LogP contribution in [-0.4, -0.2) is 40.4 Å². The first-order valence-corrected chi connectivity index (χ1v) is 5.46. The summed E-state index contributed by atoms with van der Waals surface area (Å²) in [6.45, 7) is 1.58. The molecule has 1 aliphatic heterocycles. The summed E-state index contributed by atoms with van der Waals surface area (Å²) in [5, 5.41) is 8.72. The predicted octanol–water partition coefficient (Wildman–Crippen LogP) is 0.0559. The van der Waals surface area contributed by atoms with E-state index in [0.29, 0.717) is 17.8 Å². The summed E-state index contributed by atoms with van der Waals surface area (Å²) in [5.74, 6) is 0.615. The molecule has 1 saturated heterocycles. The quantitative estimate of drug-likeness (QED) is 0.743. The third kappa shape index (κ3) is 1.56. The zero-order valence-corrected chi connectivity index (χ0v) is 8.98. The fourth-order valence-corrected chi connectivity index (χ4v) is 2.53. The molecular weight excluding hydrogens is 222 g/mol. The minimum atomic E-state index is -1.03. The number of fused-ring (bicyclic) bond motifs is 1. The van der Waals surface area contributed by atoms with Crippen LogP contribution < -0.4 is 4.90 Å². The van der Waals surface area contributed by atoms with Crippen LogP contribution in [0, 0.1) is 17.8 Å². The monoisotopic (exact) mass is 233 g/mol. The van der Waals surface area contributed by atoms with E-state index in [0.717, 1.165) is 19.4 Å². The number of aromatic nitrogens is 2. The topological polar surface area (TPSA) is 83.4 Å². The number of anilines is 1. The fraction of sp³-hybridized carbons (Fsp3) is 0.455. The Hall–Kier alpha value is -1.98. The normalized spacial score (nSPS) is 29.9. The summed E-state index contributed by atoms with van der Waals surface area (Å²) in [4.78, 5) is 31.3. The van der Waals surface area contributed by atoms with Gasteiger partial charge in [-0.25, -0.2) is 14.8 Å². The Kier molecular flexibility index (Phi) is 2.10. The van der Waals surface area contributed by atoms with Crippen molar-refractivity contribution in [3.05, 3.63) is 18.0 Å². The Morgan fingerprint density at radius 2 is 1.94 bits per heavy atom. The van der Waals surface area contributed by atoms with Gasteiger partial charge in [-0.1, -0.05) is 0 Å². The van der Waals surface area contributed by atoms with Gasteiger partial charge in [-0.15, -0.1) is 0 Å². The van der Waals surface area contributed by atoms with E-state index in [2.05, 4.69) is 9.97 Å². The third-order valence-corrected chi connectivity index (χ3v) is 3.59. The van der Waals surface area contributed by atoms with E-state index in [1.807, 2.05) is 4.90 Å². The maximum Gasteiger partial charge on any atom is 0.338 e. The Labute approximate surface area is 97.3 Å². The molecule has 3 rings (SSSR count). The molecule has 0 bridgehead atoms. The molecule has 88 valence electrons. The lowest BCUT2D eigenvalue weighted by Gasteiger charge is -2.18. The number of carboxylic acid groups (broad SMARTS) is 1. The van der Waals surface area contributed by atoms with Gasteiger partial charge < -0.3 is 14.8 Å². The molecule has 1 aromatic heterocycles. The van der Waals surface area contributed by atoms with Crippen molar-refractivity contribution in [2.75, 3.05) is 18.0 Å². The summed E-state index contributed by atoms with van der Waals surface area (Å²) < 4.78 is 0. The Morgan fingerprint density at radius 1 is 1.35 bits per heavy atom. The molecule has 6 nitrogen and oxygen atoms in total. The highest BCUT2D eigenvalue weighted by Gasteiger charge is 2.56. The molecule has 2 fully saturated rings. The van der Waals surface area contributed by atoms with Gasteiger partial charge in [0.1, 0.15) is 6.29 Å². The minimum absolute atomic E-state index is 0.0869. The number of nitrogens with zero attached hydrogens (tertiary/aromatic N) is 3. The standard InChI is InChI=1S/C11H11N3O3/c15-5-9-7-3-14(4-8(7)9)11-12-1-6(2-13-11)10(16)17/h1-2,5,7-9H,3-4H2,(H,16,17). The van der Waals surface area contributed by atoms with E-state index in [9.17, 15) is 9.59 Å². The first-order valence-electron chi connectivity index (χ1n) is 5.46. The number of rotatable bonds is 3. The lowest BCUT2D eigenvalue weighted by molar-refractivity contribution is -0.109. The van der Waals surface area contributed by atoms with Crippen LogP contribution in [0.15, 0.2) is 12.4 Å². The van der Waals surface area contributed by atoms with Crippen LogP contribution in [0.3, 0.4) is 0 Å². The van der Waals surface area contributed by atoms with Crippen LogP contribution in [0.25, 0.3) is 0 Å². The van der Waals surface area contributed by atoms with Gasteiger partial charge in [0.25, 0.3) is 0 Å². The Bertz CT molecular complexity index is 461. The highest BCUT2D eigenvalue weighted by molar-refractivity contribution is 5.86. The highest BCUT2D eigenvalue weighted by Crippen LogP contribution is 2.50. The second-order valence-corrected chi connectivity index (χ2v) is 4.52. The highest BCUT2D eigenvalue weighted by atomic mass is 16.4. The number of carboxylic acids is 1. The lowest BCUT2D eigenvalue weighted by Crippen LogP contribution is -2.26. The predicted molar refractivity (Wildman–Crippen MR) is 57.7 cm³/mol. The summed E-state index contributed by atoms with van der Waals surface area (Å²) in [6.07, 6.45) is 3.65. The summed E-state index contributed by atoms with van der Waals surface area (Å²) in [5.41, 5.74) is 0.0869. The molecule has 0 spiro atoms. The molecule has 2 unspecified atom stereocenters. The zero-order chi connectivity index (χ0) is 12.0. The van der Waals surface area contributed by atoms with Crippen molar-refractivity contribution in [2.24, 2.45) is 17.8 Å². The molecule has 6 heteroatoms. The molecule has 2 aliphatic rings. The largest absolute Gasteiger partial charge is 0.478 e. The number of hydrogen-bond donors (Lipinski definition) is 1. The zero-order valence-electron chi connectivity index (χ0n) is 8.98. The van der Waals surface area contributed by atoms with Crippen molar-refractivity contribution in [1.29, 1.82) is 0 Å². The van der Waals surface area contributed by atoms with Gasteiger partial charge in [0, 0.05) is 31.4 Å². The second-order valence-electron chi connectivity index (χ2n) is 4.52. The third-order valence-electron chi connectivity index (χ3n) is 3.59. The molecule has 1 aromatic rings. The van der Waals surface area contributed by atoms with Gasteiger partial charge in [0.15, 0.2) is 0 Å². The molecule has 0 aromatic carbocycles. The van der Waals surface area contributed by atoms with Crippen molar-refractivity contribution in [1.82, 2.24) is 9.97 Å². The average molecular weight is 233 g/mol. The van der Waals surface area contributed by atoms with Crippen LogP contribution in [0.4, 0.5) is 5.95 Å². The van der Waals surface area contributed by atoms with E-state index in [1.54, 1.807) is 0 Å². The van der Waals surface area contributed by atoms with Crippen molar-refractivity contribution in [3.8, 4) is 0 Å². The van der Waals surface area contributed by atoms with Crippen molar-refractivity contribution >= 4 is 18.2 Å². The van der Waals surface area contributed by atoms with Crippen molar-refractivity contribution in [2.45, 2.75) is 0 Å². The summed E-state index contributed by atoms with van der Waals surface area (Å²) in [6, 6.07) is 0. The van der Waals surface area contributed by atoms with Crippen LogP contribution in [0.1, 0.15) is 10.4 Å². The van der Waals surface area contributed by atoms with Crippen molar-refractivity contribution < 1.29 is 14.7 Å². The molecule has 1 aliphatic carbocycles.